The fourth-order valence-electron chi connectivity index (χ4n) is 2.05. The molecule has 0 saturated carbocycles. The first-order chi connectivity index (χ1) is 9.90. The number of aryl methyl sites for hydroxylation is 2. The molecule has 0 aliphatic rings. The molecule has 2 aromatic rings. The maximum Gasteiger partial charge on any atom is 0.356 e. The number of amides is 1. The van der Waals surface area contributed by atoms with Crippen LogP contribution >= 0.6 is 0 Å². The van der Waals surface area contributed by atoms with E-state index in [1.165, 1.54) is 12.5 Å². The first kappa shape index (κ1) is 14.6. The quantitative estimate of drug-likeness (QED) is 0.678. The Morgan fingerprint density at radius 1 is 1.48 bits per heavy atom. The Balaban J connectivity index is 2.03. The number of carbonyl (C=O) groups excluding carboxylic acids is 1. The maximum atomic E-state index is 11.4. The van der Waals surface area contributed by atoms with Crippen molar-refractivity contribution in [2.45, 2.75) is 13.5 Å². The highest BCUT2D eigenvalue weighted by atomic mass is 16.4. The molecule has 112 valence electrons. The van der Waals surface area contributed by atoms with Gasteiger partial charge in [0.2, 0.25) is 0 Å². The molecule has 0 spiro atoms. The van der Waals surface area contributed by atoms with Crippen molar-refractivity contribution in [3.8, 4) is 0 Å². The predicted octanol–water partition coefficient (Wildman–Crippen LogP) is -0.166. The highest BCUT2D eigenvalue weighted by Gasteiger charge is 2.17. The number of anilines is 1. The van der Waals surface area contributed by atoms with Gasteiger partial charge in [-0.15, -0.1) is 0 Å². The second-order valence-corrected chi connectivity index (χ2v) is 4.53. The largest absolute Gasteiger partial charge is 0.476 e. The van der Waals surface area contributed by atoms with Crippen LogP contribution in [0.3, 0.4) is 0 Å². The summed E-state index contributed by atoms with van der Waals surface area (Å²) in [6, 6.07) is 0. The molecule has 2 aromatic heterocycles. The summed E-state index contributed by atoms with van der Waals surface area (Å²) in [5.41, 5.74) is 6.24. The van der Waals surface area contributed by atoms with Gasteiger partial charge in [0, 0.05) is 26.3 Å². The van der Waals surface area contributed by atoms with Crippen LogP contribution in [0.25, 0.3) is 0 Å². The van der Waals surface area contributed by atoms with Crippen LogP contribution < -0.4 is 11.1 Å². The predicted molar refractivity (Wildman–Crippen MR) is 74.1 cm³/mol. The van der Waals surface area contributed by atoms with Crippen molar-refractivity contribution in [3.63, 3.8) is 0 Å². The minimum Gasteiger partial charge on any atom is -0.476 e. The zero-order chi connectivity index (χ0) is 15.6. The van der Waals surface area contributed by atoms with Crippen molar-refractivity contribution in [1.82, 2.24) is 19.3 Å². The van der Waals surface area contributed by atoms with Gasteiger partial charge in [-0.3, -0.25) is 9.48 Å². The molecule has 0 unspecified atom stereocenters. The summed E-state index contributed by atoms with van der Waals surface area (Å²) in [4.78, 5) is 25.9. The SMILES string of the molecule is Cc1nn(C)c(NCCn2cnc(C(=O)O)c2)c1C(N)=O. The zero-order valence-corrected chi connectivity index (χ0v) is 11.7. The van der Waals surface area contributed by atoms with Gasteiger partial charge >= 0.3 is 5.97 Å². The van der Waals surface area contributed by atoms with E-state index >= 15 is 0 Å². The molecule has 0 aliphatic heterocycles. The number of carbonyl (C=O) groups is 2. The lowest BCUT2D eigenvalue weighted by molar-refractivity contribution is 0.0690. The molecule has 21 heavy (non-hydrogen) atoms. The van der Waals surface area contributed by atoms with Gasteiger partial charge in [0.25, 0.3) is 5.91 Å². The third-order valence-corrected chi connectivity index (χ3v) is 2.98. The van der Waals surface area contributed by atoms with E-state index in [0.29, 0.717) is 30.2 Å². The van der Waals surface area contributed by atoms with E-state index in [-0.39, 0.29) is 5.69 Å². The Morgan fingerprint density at radius 3 is 2.76 bits per heavy atom. The molecule has 2 rings (SSSR count). The lowest BCUT2D eigenvalue weighted by atomic mass is 10.2. The van der Waals surface area contributed by atoms with Gasteiger partial charge in [0.15, 0.2) is 5.69 Å². The second kappa shape index (κ2) is 5.65. The normalized spacial score (nSPS) is 10.6. The number of carboxylic acid groups (broad SMARTS) is 1. The maximum absolute atomic E-state index is 11.4. The van der Waals surface area contributed by atoms with Gasteiger partial charge < -0.3 is 20.7 Å². The number of hydrogen-bond acceptors (Lipinski definition) is 5. The summed E-state index contributed by atoms with van der Waals surface area (Å²) in [5, 5.41) is 16.0. The number of hydrogen-bond donors (Lipinski definition) is 3. The number of primary amides is 1. The molecule has 0 bridgehead atoms. The summed E-state index contributed by atoms with van der Waals surface area (Å²) in [6.45, 7) is 2.66. The minimum absolute atomic E-state index is 0.01000. The Bertz CT molecular complexity index is 687. The Labute approximate surface area is 120 Å². The summed E-state index contributed by atoms with van der Waals surface area (Å²) in [5.74, 6) is -1.07. The van der Waals surface area contributed by atoms with E-state index in [0.717, 1.165) is 0 Å². The summed E-state index contributed by atoms with van der Waals surface area (Å²) < 4.78 is 3.19. The van der Waals surface area contributed by atoms with Crippen LogP contribution in [0.1, 0.15) is 26.5 Å². The van der Waals surface area contributed by atoms with Gasteiger partial charge in [-0.2, -0.15) is 5.10 Å². The molecule has 0 saturated heterocycles. The molecule has 0 aliphatic carbocycles. The Morgan fingerprint density at radius 2 is 2.19 bits per heavy atom. The van der Waals surface area contributed by atoms with E-state index in [1.807, 2.05) is 0 Å². The van der Waals surface area contributed by atoms with Gasteiger partial charge in [-0.05, 0) is 6.92 Å². The van der Waals surface area contributed by atoms with Crippen molar-refractivity contribution in [2.24, 2.45) is 12.8 Å². The van der Waals surface area contributed by atoms with Crippen LogP contribution in [0.4, 0.5) is 5.82 Å². The number of imidazole rings is 1. The molecule has 0 atom stereocenters. The van der Waals surface area contributed by atoms with E-state index in [1.54, 1.807) is 23.2 Å². The van der Waals surface area contributed by atoms with Crippen LogP contribution in [0, 0.1) is 6.92 Å². The fraction of sp³-hybridized carbons (Fsp3) is 0.333. The summed E-state index contributed by atoms with van der Waals surface area (Å²) >= 11 is 0. The molecule has 1 amide bonds. The number of rotatable bonds is 6. The highest BCUT2D eigenvalue weighted by molar-refractivity contribution is 5.98. The molecular weight excluding hydrogens is 276 g/mol. The summed E-state index contributed by atoms with van der Waals surface area (Å²) in [7, 11) is 1.71. The van der Waals surface area contributed by atoms with Gasteiger partial charge in [-0.25, -0.2) is 9.78 Å². The van der Waals surface area contributed by atoms with Crippen LogP contribution in [0.15, 0.2) is 12.5 Å². The Hall–Kier alpha value is -2.84. The molecule has 4 N–H and O–H groups in total. The van der Waals surface area contributed by atoms with Gasteiger partial charge in [0.1, 0.15) is 11.4 Å². The van der Waals surface area contributed by atoms with E-state index in [9.17, 15) is 9.59 Å². The Kier molecular flexibility index (Phi) is 3.92. The average molecular weight is 292 g/mol. The van der Waals surface area contributed by atoms with Gasteiger partial charge in [0.05, 0.1) is 12.0 Å². The molecule has 0 aromatic carbocycles. The second-order valence-electron chi connectivity index (χ2n) is 4.53. The third kappa shape index (κ3) is 3.02. The number of nitrogens with two attached hydrogens (primary N) is 1. The standard InChI is InChI=1S/C12H16N6O3/c1-7-9(10(13)19)11(17(2)16-7)14-3-4-18-5-8(12(20)21)15-6-18/h5-6,14H,3-4H2,1-2H3,(H2,13,19)(H,20,21). The average Bonchev–Trinajstić information content (AvgIpc) is 2.95. The van der Waals surface area contributed by atoms with Crippen molar-refractivity contribution in [3.05, 3.63) is 29.5 Å². The molecular formula is C12H16N6O3. The van der Waals surface area contributed by atoms with E-state index < -0.39 is 11.9 Å². The topological polar surface area (TPSA) is 128 Å². The third-order valence-electron chi connectivity index (χ3n) is 2.98. The van der Waals surface area contributed by atoms with Crippen LogP contribution in [0.2, 0.25) is 0 Å². The lowest BCUT2D eigenvalue weighted by Gasteiger charge is -2.08. The van der Waals surface area contributed by atoms with Crippen molar-refractivity contribution < 1.29 is 14.7 Å². The monoisotopic (exact) mass is 292 g/mol. The molecule has 9 nitrogen and oxygen atoms in total. The summed E-state index contributed by atoms with van der Waals surface area (Å²) in [6.07, 6.45) is 2.88. The minimum atomic E-state index is -1.07. The fourth-order valence-corrected chi connectivity index (χ4v) is 2.05. The van der Waals surface area contributed by atoms with Crippen LogP contribution in [0.5, 0.6) is 0 Å². The van der Waals surface area contributed by atoms with E-state index in [4.69, 9.17) is 10.8 Å². The zero-order valence-electron chi connectivity index (χ0n) is 11.7. The highest BCUT2D eigenvalue weighted by Crippen LogP contribution is 2.17. The van der Waals surface area contributed by atoms with Crippen LogP contribution in [-0.2, 0) is 13.6 Å². The molecule has 0 radical (unpaired) electrons. The molecule has 0 fully saturated rings. The number of nitrogens with zero attached hydrogens (tertiary/aromatic N) is 4. The molecule has 2 heterocycles. The first-order valence-corrected chi connectivity index (χ1v) is 6.22. The lowest BCUT2D eigenvalue weighted by Crippen LogP contribution is -2.17. The number of nitrogens with one attached hydrogen (secondary N) is 1. The van der Waals surface area contributed by atoms with Crippen molar-refractivity contribution in [2.75, 3.05) is 11.9 Å². The first-order valence-electron chi connectivity index (χ1n) is 6.22. The smallest absolute Gasteiger partial charge is 0.356 e. The van der Waals surface area contributed by atoms with Crippen molar-refractivity contribution >= 4 is 17.7 Å². The van der Waals surface area contributed by atoms with Crippen molar-refractivity contribution in [1.29, 1.82) is 0 Å². The number of aromatic nitrogens is 4. The van der Waals surface area contributed by atoms with Gasteiger partial charge in [-0.1, -0.05) is 0 Å². The number of aromatic carboxylic acids is 1. The number of carboxylic acids is 1. The van der Waals surface area contributed by atoms with Crippen LogP contribution in [-0.4, -0.2) is 42.9 Å². The van der Waals surface area contributed by atoms with E-state index in [2.05, 4.69) is 15.4 Å². The molecule has 9 heteroatoms.